The third-order valence-corrected chi connectivity index (χ3v) is 8.22. The quantitative estimate of drug-likeness (QED) is 0.175. The Morgan fingerprint density at radius 1 is 0.864 bits per heavy atom. The highest BCUT2D eigenvalue weighted by Gasteiger charge is 2.33. The number of unbranched alkanes of at least 4 members (excludes halogenated alkanes) is 1. The molecule has 4 rings (SSSR count). The van der Waals surface area contributed by atoms with E-state index in [2.05, 4.69) is 42.9 Å². The van der Waals surface area contributed by atoms with Crippen LogP contribution in [-0.4, -0.2) is 40.7 Å². The fourth-order valence-electron chi connectivity index (χ4n) is 5.37. The smallest absolute Gasteiger partial charge is 0.432 e. The van der Waals surface area contributed by atoms with E-state index in [1.807, 2.05) is 37.3 Å². The van der Waals surface area contributed by atoms with Crippen molar-refractivity contribution in [3.8, 4) is 34.0 Å². The Morgan fingerprint density at radius 2 is 1.59 bits per heavy atom. The number of halogens is 3. The lowest BCUT2D eigenvalue weighted by Gasteiger charge is -2.20. The Morgan fingerprint density at radius 3 is 2.23 bits per heavy atom. The number of benzene rings is 1. The normalized spacial score (nSPS) is 14.7. The number of aliphatic imine (C=N–C) groups is 1. The Kier molecular flexibility index (Phi) is 11.6. The van der Waals surface area contributed by atoms with Gasteiger partial charge in [-0.15, -0.1) is 0 Å². The number of alkyl halides is 3. The van der Waals surface area contributed by atoms with Crippen molar-refractivity contribution < 1.29 is 22.6 Å². The lowest BCUT2D eigenvalue weighted by Crippen LogP contribution is -2.13. The minimum Gasteiger partial charge on any atom is -0.493 e. The zero-order chi connectivity index (χ0) is 31.7. The fraction of sp³-hybridized carbons (Fsp3) is 0.514. The van der Waals surface area contributed by atoms with Gasteiger partial charge in [0.05, 0.1) is 31.1 Å². The molecular weight excluding hydrogens is 565 g/mol. The van der Waals surface area contributed by atoms with E-state index in [0.717, 1.165) is 72.8 Å². The van der Waals surface area contributed by atoms with Gasteiger partial charge in [-0.1, -0.05) is 59.8 Å². The molecule has 0 saturated carbocycles. The number of nitrogens with one attached hydrogen (secondary N) is 1. The van der Waals surface area contributed by atoms with Gasteiger partial charge >= 0.3 is 6.18 Å². The van der Waals surface area contributed by atoms with Crippen LogP contribution in [0.15, 0.2) is 47.5 Å². The number of allylic oxidation sites excluding steroid dienone is 1. The van der Waals surface area contributed by atoms with Gasteiger partial charge in [-0.2, -0.15) is 18.3 Å². The summed E-state index contributed by atoms with van der Waals surface area (Å²) in [6.07, 6.45) is 5.09. The summed E-state index contributed by atoms with van der Waals surface area (Å²) in [4.78, 5) is 9.20. The van der Waals surface area contributed by atoms with Crippen LogP contribution in [0, 0.1) is 11.8 Å². The summed E-state index contributed by atoms with van der Waals surface area (Å²) in [7, 11) is 0. The summed E-state index contributed by atoms with van der Waals surface area (Å²) < 4.78 is 53.0. The highest BCUT2D eigenvalue weighted by molar-refractivity contribution is 6.03. The molecule has 0 spiro atoms. The van der Waals surface area contributed by atoms with Gasteiger partial charge in [0.25, 0.3) is 0 Å². The summed E-state index contributed by atoms with van der Waals surface area (Å²) in [6, 6.07) is 10.6. The first-order chi connectivity index (χ1) is 21.1. The van der Waals surface area contributed by atoms with Gasteiger partial charge in [0.2, 0.25) is 0 Å². The van der Waals surface area contributed by atoms with E-state index in [4.69, 9.17) is 14.5 Å². The number of pyridine rings is 1. The minimum absolute atomic E-state index is 0.116. The van der Waals surface area contributed by atoms with Gasteiger partial charge in [0, 0.05) is 22.9 Å². The number of nitrogens with zero attached hydrogens (tertiary/aromatic N) is 3. The van der Waals surface area contributed by atoms with Crippen LogP contribution in [0.4, 0.5) is 13.2 Å². The highest BCUT2D eigenvalue weighted by Crippen LogP contribution is 2.38. The predicted octanol–water partition coefficient (Wildman–Crippen LogP) is 9.82. The van der Waals surface area contributed by atoms with Crippen LogP contribution in [0.5, 0.6) is 11.5 Å². The molecule has 0 fully saturated rings. The number of H-pyrrole nitrogens is 1. The van der Waals surface area contributed by atoms with E-state index in [1.54, 1.807) is 6.07 Å². The van der Waals surface area contributed by atoms with Crippen molar-refractivity contribution >= 4 is 11.3 Å². The van der Waals surface area contributed by atoms with E-state index < -0.39 is 11.9 Å². The van der Waals surface area contributed by atoms with Crippen molar-refractivity contribution in [1.29, 1.82) is 0 Å². The second-order valence-corrected chi connectivity index (χ2v) is 11.7. The minimum atomic E-state index is -4.54. The van der Waals surface area contributed by atoms with Gasteiger partial charge in [0.1, 0.15) is 22.9 Å². The van der Waals surface area contributed by atoms with E-state index in [0.29, 0.717) is 48.7 Å². The fourth-order valence-corrected chi connectivity index (χ4v) is 5.37. The number of hydrogen-bond acceptors (Lipinski definition) is 5. The van der Waals surface area contributed by atoms with Crippen molar-refractivity contribution in [2.24, 2.45) is 16.8 Å². The largest absolute Gasteiger partial charge is 0.493 e. The molecule has 9 heteroatoms. The molecule has 2 aromatic heterocycles. The maximum absolute atomic E-state index is 13.4. The zero-order valence-corrected chi connectivity index (χ0v) is 26.6. The Balaban J connectivity index is 1.75. The monoisotopic (exact) mass is 610 g/mol. The van der Waals surface area contributed by atoms with Crippen LogP contribution >= 0.6 is 0 Å². The number of aromatic amines is 1. The van der Waals surface area contributed by atoms with Crippen molar-refractivity contribution in [2.75, 3.05) is 19.8 Å². The summed E-state index contributed by atoms with van der Waals surface area (Å²) in [5.74, 6) is 2.31. The molecule has 2 unspecified atom stereocenters. The molecule has 0 radical (unpaired) electrons. The SMILES string of the molecule is CCCCC(CC)COc1ccc(-c2cc(C3=CC(C)=NC3)nc(-c3cc(C(F)(F)F)[nH]n3)c2)c(OCC(CC)CCC)c1. The van der Waals surface area contributed by atoms with Gasteiger partial charge in [-0.3, -0.25) is 10.1 Å². The average Bonchev–Trinajstić information content (AvgIpc) is 3.69. The van der Waals surface area contributed by atoms with Crippen LogP contribution in [0.1, 0.15) is 91.0 Å². The van der Waals surface area contributed by atoms with E-state index in [1.165, 1.54) is 6.42 Å². The molecular formula is C35H45F3N4O2. The summed E-state index contributed by atoms with van der Waals surface area (Å²) >= 11 is 0. The van der Waals surface area contributed by atoms with Gasteiger partial charge < -0.3 is 9.47 Å². The van der Waals surface area contributed by atoms with E-state index >= 15 is 0 Å². The summed E-state index contributed by atoms with van der Waals surface area (Å²) in [6.45, 7) is 12.3. The zero-order valence-electron chi connectivity index (χ0n) is 26.6. The summed E-state index contributed by atoms with van der Waals surface area (Å²) in [5, 5.41) is 6.08. The summed E-state index contributed by atoms with van der Waals surface area (Å²) in [5.41, 5.74) is 3.53. The first-order valence-corrected chi connectivity index (χ1v) is 15.9. The van der Waals surface area contributed by atoms with Gasteiger partial charge in [-0.25, -0.2) is 4.98 Å². The third-order valence-electron chi connectivity index (χ3n) is 8.22. The third kappa shape index (κ3) is 8.73. The van der Waals surface area contributed by atoms with Crippen LogP contribution in [0.25, 0.3) is 28.1 Å². The molecule has 3 heterocycles. The molecule has 44 heavy (non-hydrogen) atoms. The molecule has 3 aromatic rings. The van der Waals surface area contributed by atoms with Crippen molar-refractivity contribution in [2.45, 2.75) is 85.7 Å². The second-order valence-electron chi connectivity index (χ2n) is 11.7. The lowest BCUT2D eigenvalue weighted by molar-refractivity contribution is -0.141. The maximum Gasteiger partial charge on any atom is 0.432 e. The van der Waals surface area contributed by atoms with Crippen LogP contribution in [0.3, 0.4) is 0 Å². The molecule has 1 N–H and O–H groups in total. The van der Waals surface area contributed by atoms with E-state index in [-0.39, 0.29) is 5.69 Å². The Hall–Kier alpha value is -3.62. The Labute approximate surface area is 259 Å². The topological polar surface area (TPSA) is 72.4 Å². The van der Waals surface area contributed by atoms with Crippen LogP contribution < -0.4 is 9.47 Å². The van der Waals surface area contributed by atoms with Crippen molar-refractivity contribution in [1.82, 2.24) is 15.2 Å². The van der Waals surface area contributed by atoms with Crippen molar-refractivity contribution in [3.05, 3.63) is 53.9 Å². The average molecular weight is 611 g/mol. The molecule has 6 nitrogen and oxygen atoms in total. The maximum atomic E-state index is 13.4. The Bertz CT molecular complexity index is 1440. The van der Waals surface area contributed by atoms with Gasteiger partial charge in [0.15, 0.2) is 0 Å². The first kappa shape index (κ1) is 33.3. The predicted molar refractivity (Wildman–Crippen MR) is 171 cm³/mol. The number of aromatic nitrogens is 3. The number of hydrogen-bond donors (Lipinski definition) is 1. The highest BCUT2D eigenvalue weighted by atomic mass is 19.4. The molecule has 1 aliphatic heterocycles. The van der Waals surface area contributed by atoms with Crippen LogP contribution in [-0.2, 0) is 6.18 Å². The number of ether oxygens (including phenoxy) is 2. The first-order valence-electron chi connectivity index (χ1n) is 15.9. The molecule has 2 atom stereocenters. The molecule has 0 bridgehead atoms. The standard InChI is InChI=1S/C35H45F3N4O2/c1-6-10-12-25(9-4)21-43-28-13-14-29(33(18-28)44-22-24(8-3)11-7-2)26-16-30(27-15-23(5)39-20-27)40-31(17-26)32-19-34(42-41-32)35(36,37)38/h13-19,24-25H,6-12,20-22H2,1-5H3,(H,41,42). The molecule has 0 amide bonds. The molecule has 0 saturated heterocycles. The van der Waals surface area contributed by atoms with E-state index in [9.17, 15) is 13.2 Å². The molecule has 0 aliphatic carbocycles. The second kappa shape index (κ2) is 15.4. The van der Waals surface area contributed by atoms with Gasteiger partial charge in [-0.05, 0) is 73.6 Å². The number of rotatable bonds is 16. The van der Waals surface area contributed by atoms with Crippen molar-refractivity contribution in [3.63, 3.8) is 0 Å². The van der Waals surface area contributed by atoms with Crippen LogP contribution in [0.2, 0.25) is 0 Å². The molecule has 238 valence electrons. The molecule has 1 aliphatic rings. The molecule has 1 aromatic carbocycles. The lowest BCUT2D eigenvalue weighted by atomic mass is 9.99.